The van der Waals surface area contributed by atoms with Gasteiger partial charge in [-0.05, 0) is 38.6 Å². The average molecular weight is 312 g/mol. The van der Waals surface area contributed by atoms with Gasteiger partial charge in [0, 0.05) is 32.3 Å². The summed E-state index contributed by atoms with van der Waals surface area (Å²) in [5.41, 5.74) is 0. The van der Waals surface area contributed by atoms with Crippen LogP contribution < -0.4 is 0 Å². The third kappa shape index (κ3) is 4.21. The van der Waals surface area contributed by atoms with E-state index in [-0.39, 0.29) is 18.6 Å². The lowest BCUT2D eigenvalue weighted by Gasteiger charge is -2.40. The van der Waals surface area contributed by atoms with Crippen LogP contribution in [0.4, 0.5) is 0 Å². The molecular formula is C17H32N2O3. The van der Waals surface area contributed by atoms with Gasteiger partial charge < -0.3 is 19.6 Å². The maximum Gasteiger partial charge on any atom is 0.228 e. The Bertz CT molecular complexity index is 354. The first-order chi connectivity index (χ1) is 10.5. The van der Waals surface area contributed by atoms with Crippen molar-refractivity contribution >= 4 is 5.91 Å². The van der Waals surface area contributed by atoms with Crippen molar-refractivity contribution in [3.05, 3.63) is 0 Å². The molecule has 2 heterocycles. The van der Waals surface area contributed by atoms with Crippen LogP contribution in [-0.2, 0) is 9.53 Å². The molecule has 0 saturated carbocycles. The van der Waals surface area contributed by atoms with Gasteiger partial charge in [-0.1, -0.05) is 13.8 Å². The first kappa shape index (κ1) is 17.7. The van der Waals surface area contributed by atoms with Gasteiger partial charge in [0.05, 0.1) is 18.6 Å². The van der Waals surface area contributed by atoms with Crippen molar-refractivity contribution in [2.24, 2.45) is 11.8 Å². The predicted octanol–water partition coefficient (Wildman–Crippen LogP) is 1.35. The zero-order chi connectivity index (χ0) is 16.1. The third-order valence-electron chi connectivity index (χ3n) is 5.19. The number of likely N-dealkylation sites (tertiary alicyclic amines) is 1. The van der Waals surface area contributed by atoms with Crippen molar-refractivity contribution in [1.82, 2.24) is 9.80 Å². The molecule has 2 fully saturated rings. The monoisotopic (exact) mass is 312 g/mol. The summed E-state index contributed by atoms with van der Waals surface area (Å²) in [6.45, 7) is 7.66. The average Bonchev–Trinajstić information content (AvgIpc) is 2.54. The molecule has 0 spiro atoms. The van der Waals surface area contributed by atoms with E-state index in [1.165, 1.54) is 0 Å². The van der Waals surface area contributed by atoms with E-state index in [0.717, 1.165) is 45.4 Å². The van der Waals surface area contributed by atoms with Crippen molar-refractivity contribution < 1.29 is 14.6 Å². The maximum absolute atomic E-state index is 12.9. The van der Waals surface area contributed by atoms with Crippen LogP contribution in [-0.4, -0.2) is 72.9 Å². The number of piperidine rings is 1. The van der Waals surface area contributed by atoms with Gasteiger partial charge in [0.15, 0.2) is 0 Å². The fraction of sp³-hybridized carbons (Fsp3) is 0.941. The molecule has 1 amide bonds. The second-order valence-electron chi connectivity index (χ2n) is 7.09. The van der Waals surface area contributed by atoms with Crippen LogP contribution in [0, 0.1) is 11.8 Å². The molecule has 0 aromatic carbocycles. The fourth-order valence-corrected chi connectivity index (χ4v) is 3.83. The number of likely N-dealkylation sites (N-methyl/N-ethyl adjacent to an activating group) is 1. The Morgan fingerprint density at radius 1 is 1.32 bits per heavy atom. The standard InChI is InChI=1S/C17H32N2O3/c1-13(2)16-15(5-4-12-22-16)17(21)19-8-6-14(7-9-19)18(3)10-11-20/h13-16,20H,4-12H2,1-3H3/t15-,16-/m0/s1. The highest BCUT2D eigenvalue weighted by molar-refractivity contribution is 5.79. The number of ether oxygens (including phenoxy) is 1. The van der Waals surface area contributed by atoms with E-state index in [2.05, 4.69) is 25.8 Å². The lowest BCUT2D eigenvalue weighted by molar-refractivity contribution is -0.149. The molecule has 5 nitrogen and oxygen atoms in total. The molecule has 5 heteroatoms. The second kappa shape index (κ2) is 8.27. The van der Waals surface area contributed by atoms with E-state index in [1.54, 1.807) is 0 Å². The van der Waals surface area contributed by atoms with Crippen LogP contribution >= 0.6 is 0 Å². The molecule has 2 saturated heterocycles. The van der Waals surface area contributed by atoms with E-state index >= 15 is 0 Å². The minimum atomic E-state index is 0.0421. The fourth-order valence-electron chi connectivity index (χ4n) is 3.83. The molecule has 128 valence electrons. The van der Waals surface area contributed by atoms with Crippen molar-refractivity contribution in [2.75, 3.05) is 39.9 Å². The highest BCUT2D eigenvalue weighted by Gasteiger charge is 2.37. The molecule has 2 aliphatic rings. The van der Waals surface area contributed by atoms with Crippen LogP contribution in [0.15, 0.2) is 0 Å². The van der Waals surface area contributed by atoms with Gasteiger partial charge in [-0.25, -0.2) is 0 Å². The zero-order valence-corrected chi connectivity index (χ0v) is 14.3. The Morgan fingerprint density at radius 3 is 2.59 bits per heavy atom. The molecule has 0 aliphatic carbocycles. The Labute approximate surface area is 134 Å². The van der Waals surface area contributed by atoms with Gasteiger partial charge in [-0.15, -0.1) is 0 Å². The van der Waals surface area contributed by atoms with Crippen LogP contribution in [0.3, 0.4) is 0 Å². The smallest absolute Gasteiger partial charge is 0.228 e. The molecule has 0 aromatic rings. The van der Waals surface area contributed by atoms with Crippen LogP contribution in [0.1, 0.15) is 39.5 Å². The number of aliphatic hydroxyl groups is 1. The highest BCUT2D eigenvalue weighted by Crippen LogP contribution is 2.29. The number of hydrogen-bond donors (Lipinski definition) is 1. The lowest BCUT2D eigenvalue weighted by Crippen LogP contribution is -2.51. The normalized spacial score (nSPS) is 27.6. The Balaban J connectivity index is 1.88. The van der Waals surface area contributed by atoms with Gasteiger partial charge in [-0.3, -0.25) is 4.79 Å². The second-order valence-corrected chi connectivity index (χ2v) is 7.09. The minimum Gasteiger partial charge on any atom is -0.395 e. The number of rotatable bonds is 5. The highest BCUT2D eigenvalue weighted by atomic mass is 16.5. The van der Waals surface area contributed by atoms with Crippen LogP contribution in [0.5, 0.6) is 0 Å². The molecule has 2 aliphatic heterocycles. The number of carbonyl (C=O) groups excluding carboxylic acids is 1. The molecule has 22 heavy (non-hydrogen) atoms. The Morgan fingerprint density at radius 2 is 2.00 bits per heavy atom. The third-order valence-corrected chi connectivity index (χ3v) is 5.19. The molecule has 2 rings (SSSR count). The van der Waals surface area contributed by atoms with Crippen molar-refractivity contribution in [3.63, 3.8) is 0 Å². The lowest BCUT2D eigenvalue weighted by atomic mass is 9.86. The zero-order valence-electron chi connectivity index (χ0n) is 14.3. The number of nitrogens with zero attached hydrogens (tertiary/aromatic N) is 2. The topological polar surface area (TPSA) is 53.0 Å². The summed E-state index contributed by atoms with van der Waals surface area (Å²) in [4.78, 5) is 17.1. The summed E-state index contributed by atoms with van der Waals surface area (Å²) < 4.78 is 5.87. The first-order valence-electron chi connectivity index (χ1n) is 8.76. The molecule has 2 atom stereocenters. The predicted molar refractivity (Wildman–Crippen MR) is 86.6 cm³/mol. The molecular weight excluding hydrogens is 280 g/mol. The van der Waals surface area contributed by atoms with Crippen LogP contribution in [0.2, 0.25) is 0 Å². The van der Waals surface area contributed by atoms with E-state index in [1.807, 2.05) is 4.90 Å². The SMILES string of the molecule is CC(C)[C@@H]1OCCC[C@@H]1C(=O)N1CCC(N(C)CCO)CC1. The number of amides is 1. The van der Waals surface area contributed by atoms with E-state index in [0.29, 0.717) is 24.4 Å². The summed E-state index contributed by atoms with van der Waals surface area (Å²) in [5, 5.41) is 9.04. The Kier molecular flexibility index (Phi) is 6.66. The summed E-state index contributed by atoms with van der Waals surface area (Å²) in [7, 11) is 2.06. The van der Waals surface area contributed by atoms with Gasteiger partial charge in [0.2, 0.25) is 5.91 Å². The van der Waals surface area contributed by atoms with Gasteiger partial charge >= 0.3 is 0 Å². The van der Waals surface area contributed by atoms with E-state index in [9.17, 15) is 4.79 Å². The van der Waals surface area contributed by atoms with E-state index in [4.69, 9.17) is 9.84 Å². The molecule has 0 aromatic heterocycles. The minimum absolute atomic E-state index is 0.0421. The van der Waals surface area contributed by atoms with Gasteiger partial charge in [0.1, 0.15) is 0 Å². The first-order valence-corrected chi connectivity index (χ1v) is 8.76. The van der Waals surface area contributed by atoms with Gasteiger partial charge in [0.25, 0.3) is 0 Å². The molecule has 0 radical (unpaired) electrons. The number of aliphatic hydroxyl groups excluding tert-OH is 1. The maximum atomic E-state index is 12.9. The molecule has 1 N–H and O–H groups in total. The summed E-state index contributed by atoms with van der Waals surface area (Å²) in [6.07, 6.45) is 4.04. The quantitative estimate of drug-likeness (QED) is 0.833. The van der Waals surface area contributed by atoms with Crippen molar-refractivity contribution in [2.45, 2.75) is 51.7 Å². The summed E-state index contributed by atoms with van der Waals surface area (Å²) in [6, 6.07) is 0.486. The molecule has 0 bridgehead atoms. The van der Waals surface area contributed by atoms with Gasteiger partial charge in [-0.2, -0.15) is 0 Å². The largest absolute Gasteiger partial charge is 0.395 e. The Hall–Kier alpha value is -0.650. The van der Waals surface area contributed by atoms with Crippen LogP contribution in [0.25, 0.3) is 0 Å². The number of hydrogen-bond acceptors (Lipinski definition) is 4. The summed E-state index contributed by atoms with van der Waals surface area (Å²) in [5.74, 6) is 0.726. The molecule has 0 unspecified atom stereocenters. The van der Waals surface area contributed by atoms with Crippen molar-refractivity contribution in [3.8, 4) is 0 Å². The van der Waals surface area contributed by atoms with E-state index < -0.39 is 0 Å². The number of carbonyl (C=O) groups is 1. The summed E-state index contributed by atoms with van der Waals surface area (Å²) >= 11 is 0. The van der Waals surface area contributed by atoms with Crippen molar-refractivity contribution in [1.29, 1.82) is 0 Å².